The van der Waals surface area contributed by atoms with Crippen molar-refractivity contribution in [2.24, 2.45) is 5.92 Å². The molecular weight excluding hydrogens is 403 g/mol. The van der Waals surface area contributed by atoms with Gasteiger partial charge in [-0.15, -0.1) is 10.2 Å². The van der Waals surface area contributed by atoms with Gasteiger partial charge >= 0.3 is 6.18 Å². The molecule has 2 aromatic heterocycles. The first kappa shape index (κ1) is 19.4. The third-order valence-corrected chi connectivity index (χ3v) is 5.75. The van der Waals surface area contributed by atoms with Gasteiger partial charge in [0.2, 0.25) is 16.2 Å². The molecule has 1 saturated heterocycles. The van der Waals surface area contributed by atoms with E-state index in [2.05, 4.69) is 15.5 Å². The summed E-state index contributed by atoms with van der Waals surface area (Å²) < 4.78 is 40.5. The second-order valence-corrected chi connectivity index (χ2v) is 7.74. The highest BCUT2D eigenvalue weighted by atomic mass is 32.1. The van der Waals surface area contributed by atoms with Gasteiger partial charge in [0.15, 0.2) is 0 Å². The molecular formula is C19H18F3N5OS. The van der Waals surface area contributed by atoms with Crippen LogP contribution < -0.4 is 10.2 Å². The molecule has 0 bridgehead atoms. The highest BCUT2D eigenvalue weighted by Gasteiger charge is 2.31. The van der Waals surface area contributed by atoms with Crippen molar-refractivity contribution < 1.29 is 18.0 Å². The van der Waals surface area contributed by atoms with Crippen molar-refractivity contribution >= 4 is 28.1 Å². The van der Waals surface area contributed by atoms with Gasteiger partial charge in [-0.1, -0.05) is 17.4 Å². The molecule has 152 valence electrons. The minimum atomic E-state index is -4.45. The number of nitrogens with one attached hydrogen (secondary N) is 1. The van der Waals surface area contributed by atoms with Crippen molar-refractivity contribution in [1.29, 1.82) is 0 Å². The molecule has 1 atom stereocenters. The van der Waals surface area contributed by atoms with Crippen LogP contribution >= 0.6 is 11.3 Å². The summed E-state index contributed by atoms with van der Waals surface area (Å²) in [5.41, 5.74) is -0.639. The molecule has 0 saturated carbocycles. The molecule has 0 spiro atoms. The summed E-state index contributed by atoms with van der Waals surface area (Å²) in [5.74, 6) is -0.624. The Labute approximate surface area is 169 Å². The van der Waals surface area contributed by atoms with Gasteiger partial charge in [-0.2, -0.15) is 13.2 Å². The van der Waals surface area contributed by atoms with Crippen molar-refractivity contribution in [3.8, 4) is 5.13 Å². The van der Waals surface area contributed by atoms with Crippen LogP contribution in [0.2, 0.25) is 0 Å². The number of hydrogen-bond donors (Lipinski definition) is 1. The number of anilines is 2. The molecule has 0 unspecified atom stereocenters. The molecule has 29 heavy (non-hydrogen) atoms. The fourth-order valence-corrected chi connectivity index (χ4v) is 4.13. The van der Waals surface area contributed by atoms with Gasteiger partial charge in [0, 0.05) is 31.2 Å². The highest BCUT2D eigenvalue weighted by molar-refractivity contribution is 7.17. The molecule has 3 aromatic rings. The molecule has 1 amide bonds. The summed E-state index contributed by atoms with van der Waals surface area (Å²) in [4.78, 5) is 14.6. The van der Waals surface area contributed by atoms with E-state index in [1.807, 2.05) is 34.0 Å². The van der Waals surface area contributed by atoms with Crippen molar-refractivity contribution in [1.82, 2.24) is 14.8 Å². The van der Waals surface area contributed by atoms with Crippen molar-refractivity contribution in [3.05, 3.63) is 54.4 Å². The fraction of sp³-hybridized carbons (Fsp3) is 0.316. The van der Waals surface area contributed by atoms with Crippen LogP contribution in [-0.4, -0.2) is 33.8 Å². The van der Waals surface area contributed by atoms with Gasteiger partial charge in [-0.25, -0.2) is 0 Å². The first-order valence-electron chi connectivity index (χ1n) is 9.10. The predicted molar refractivity (Wildman–Crippen MR) is 104 cm³/mol. The van der Waals surface area contributed by atoms with E-state index < -0.39 is 11.7 Å². The van der Waals surface area contributed by atoms with Gasteiger partial charge < -0.3 is 10.2 Å². The van der Waals surface area contributed by atoms with Gasteiger partial charge in [-0.3, -0.25) is 9.36 Å². The van der Waals surface area contributed by atoms with E-state index in [1.165, 1.54) is 23.5 Å². The number of benzene rings is 1. The number of amides is 1. The molecule has 0 aliphatic carbocycles. The smallest absolute Gasteiger partial charge is 0.346 e. The molecule has 4 rings (SSSR count). The Bertz CT molecular complexity index is 986. The Morgan fingerprint density at radius 1 is 1.14 bits per heavy atom. The van der Waals surface area contributed by atoms with Gasteiger partial charge in [0.25, 0.3) is 0 Å². The number of hydrogen-bond acceptors (Lipinski definition) is 5. The molecule has 3 heterocycles. The molecule has 1 aromatic carbocycles. The summed E-state index contributed by atoms with van der Waals surface area (Å²) in [5, 5.41) is 12.5. The van der Waals surface area contributed by atoms with Crippen LogP contribution in [0, 0.1) is 5.92 Å². The van der Waals surface area contributed by atoms with Crippen molar-refractivity contribution in [3.63, 3.8) is 0 Å². The highest BCUT2D eigenvalue weighted by Crippen LogP contribution is 2.31. The number of rotatable bonds is 4. The summed E-state index contributed by atoms with van der Waals surface area (Å²) in [7, 11) is 0. The zero-order valence-electron chi connectivity index (χ0n) is 15.3. The van der Waals surface area contributed by atoms with Gasteiger partial charge in [-0.05, 0) is 43.2 Å². The lowest BCUT2D eigenvalue weighted by Gasteiger charge is -2.31. The normalized spacial score (nSPS) is 17.3. The molecule has 10 heteroatoms. The maximum Gasteiger partial charge on any atom is 0.416 e. The quantitative estimate of drug-likeness (QED) is 0.686. The summed E-state index contributed by atoms with van der Waals surface area (Å²) in [6.45, 7) is 1.21. The second kappa shape index (κ2) is 7.86. The number of alkyl halides is 3. The Hall–Kier alpha value is -2.88. The van der Waals surface area contributed by atoms with Crippen LogP contribution in [0.1, 0.15) is 18.4 Å². The Morgan fingerprint density at radius 3 is 2.66 bits per heavy atom. The molecule has 1 aliphatic heterocycles. The average Bonchev–Trinajstić information content (AvgIpc) is 3.39. The number of piperidine rings is 1. The zero-order chi connectivity index (χ0) is 20.4. The molecule has 1 N–H and O–H groups in total. The van der Waals surface area contributed by atoms with Crippen LogP contribution in [0.15, 0.2) is 48.8 Å². The molecule has 0 radical (unpaired) electrons. The summed E-state index contributed by atoms with van der Waals surface area (Å²) in [6, 6.07) is 8.48. The van der Waals surface area contributed by atoms with E-state index in [0.717, 1.165) is 35.4 Å². The van der Waals surface area contributed by atoms with Gasteiger partial charge in [0.1, 0.15) is 0 Å². The maximum absolute atomic E-state index is 12.9. The number of halogens is 3. The molecule has 1 aliphatic rings. The SMILES string of the molecule is O=C(Nc1cccc(C(F)(F)F)c1)[C@H]1CCCN(c2nnc(-n3cccc3)s2)C1. The number of nitrogens with zero attached hydrogens (tertiary/aromatic N) is 4. The lowest BCUT2D eigenvalue weighted by molar-refractivity contribution is -0.137. The van der Waals surface area contributed by atoms with Crippen LogP contribution in [-0.2, 0) is 11.0 Å². The van der Waals surface area contributed by atoms with E-state index in [1.54, 1.807) is 0 Å². The standard InChI is InChI=1S/C19H18F3N5OS/c20-19(21,22)14-6-3-7-15(11-14)23-16(28)13-5-4-10-27(12-13)18-25-24-17(29-18)26-8-1-2-9-26/h1-3,6-9,11,13H,4-5,10,12H2,(H,23,28)/t13-/m0/s1. The number of carbonyl (C=O) groups is 1. The summed E-state index contributed by atoms with van der Waals surface area (Å²) in [6.07, 6.45) is 0.777. The monoisotopic (exact) mass is 421 g/mol. The maximum atomic E-state index is 12.9. The van der Waals surface area contributed by atoms with E-state index in [-0.39, 0.29) is 17.5 Å². The second-order valence-electron chi connectivity index (χ2n) is 6.81. The molecule has 6 nitrogen and oxygen atoms in total. The minimum absolute atomic E-state index is 0.146. The Morgan fingerprint density at radius 2 is 1.90 bits per heavy atom. The largest absolute Gasteiger partial charge is 0.416 e. The van der Waals surface area contributed by atoms with Gasteiger partial charge in [0.05, 0.1) is 11.5 Å². The third-order valence-electron chi connectivity index (χ3n) is 4.75. The topological polar surface area (TPSA) is 63.1 Å². The zero-order valence-corrected chi connectivity index (χ0v) is 16.1. The van der Waals surface area contributed by atoms with Crippen molar-refractivity contribution in [2.75, 3.05) is 23.3 Å². The van der Waals surface area contributed by atoms with E-state index in [0.29, 0.717) is 13.0 Å². The Balaban J connectivity index is 1.43. The average molecular weight is 421 g/mol. The van der Waals surface area contributed by atoms with E-state index in [4.69, 9.17) is 0 Å². The van der Waals surface area contributed by atoms with Crippen LogP contribution in [0.5, 0.6) is 0 Å². The van der Waals surface area contributed by atoms with Crippen molar-refractivity contribution in [2.45, 2.75) is 19.0 Å². The molecule has 1 fully saturated rings. The lowest BCUT2D eigenvalue weighted by atomic mass is 9.97. The predicted octanol–water partition coefficient (Wildman–Crippen LogP) is 4.20. The fourth-order valence-electron chi connectivity index (χ4n) is 3.28. The first-order valence-corrected chi connectivity index (χ1v) is 9.92. The van der Waals surface area contributed by atoms with E-state index in [9.17, 15) is 18.0 Å². The van der Waals surface area contributed by atoms with E-state index >= 15 is 0 Å². The lowest BCUT2D eigenvalue weighted by Crippen LogP contribution is -2.40. The Kier molecular flexibility index (Phi) is 5.27. The van der Waals surface area contributed by atoms with Crippen LogP contribution in [0.4, 0.5) is 24.0 Å². The van der Waals surface area contributed by atoms with Crippen LogP contribution in [0.3, 0.4) is 0 Å². The number of aromatic nitrogens is 3. The first-order chi connectivity index (χ1) is 13.9. The number of carbonyl (C=O) groups excluding carboxylic acids is 1. The minimum Gasteiger partial charge on any atom is -0.346 e. The van der Waals surface area contributed by atoms with Crippen LogP contribution in [0.25, 0.3) is 5.13 Å². The summed E-state index contributed by atoms with van der Waals surface area (Å²) >= 11 is 1.43. The third kappa shape index (κ3) is 4.42.